The maximum atomic E-state index is 11.4. The summed E-state index contributed by atoms with van der Waals surface area (Å²) in [6.07, 6.45) is 1.59. The normalized spacial score (nSPS) is 10.3. The highest BCUT2D eigenvalue weighted by molar-refractivity contribution is 6.32. The van der Waals surface area contributed by atoms with Crippen LogP contribution in [0.4, 0.5) is 0 Å². The SMILES string of the molecule is CC(=O)Oc1ccc(-c2cnc(-c3ccccc3)nc2Cl)cc1OC(C)=O. The van der Waals surface area contributed by atoms with Crippen LogP contribution in [0.3, 0.4) is 0 Å². The molecule has 1 aromatic heterocycles. The Hall–Kier alpha value is -3.25. The van der Waals surface area contributed by atoms with Crippen LogP contribution in [-0.4, -0.2) is 21.9 Å². The number of esters is 2. The number of nitrogens with zero attached hydrogens (tertiary/aromatic N) is 2. The quantitative estimate of drug-likeness (QED) is 0.380. The van der Waals surface area contributed by atoms with Gasteiger partial charge in [-0.1, -0.05) is 48.0 Å². The van der Waals surface area contributed by atoms with Crippen molar-refractivity contribution in [1.82, 2.24) is 9.97 Å². The number of halogens is 1. The van der Waals surface area contributed by atoms with Crippen molar-refractivity contribution < 1.29 is 19.1 Å². The van der Waals surface area contributed by atoms with Crippen LogP contribution in [0, 0.1) is 0 Å². The first kappa shape index (κ1) is 18.5. The smallest absolute Gasteiger partial charge is 0.308 e. The van der Waals surface area contributed by atoms with Crippen LogP contribution < -0.4 is 9.47 Å². The van der Waals surface area contributed by atoms with Crippen LogP contribution in [0.15, 0.2) is 54.7 Å². The van der Waals surface area contributed by atoms with Gasteiger partial charge in [-0.05, 0) is 17.7 Å². The summed E-state index contributed by atoms with van der Waals surface area (Å²) in [5, 5.41) is 0.248. The first-order chi connectivity index (χ1) is 12.9. The van der Waals surface area contributed by atoms with Crippen molar-refractivity contribution in [3.63, 3.8) is 0 Å². The van der Waals surface area contributed by atoms with Gasteiger partial charge in [0.15, 0.2) is 17.3 Å². The summed E-state index contributed by atoms with van der Waals surface area (Å²) in [4.78, 5) is 31.3. The fourth-order valence-electron chi connectivity index (χ4n) is 2.43. The molecule has 0 bridgehead atoms. The van der Waals surface area contributed by atoms with E-state index in [1.54, 1.807) is 18.3 Å². The van der Waals surface area contributed by atoms with Gasteiger partial charge in [-0.25, -0.2) is 9.97 Å². The monoisotopic (exact) mass is 382 g/mol. The van der Waals surface area contributed by atoms with Gasteiger partial charge < -0.3 is 9.47 Å². The molecule has 0 radical (unpaired) electrons. The molecule has 0 saturated heterocycles. The Morgan fingerprint density at radius 2 is 1.56 bits per heavy atom. The summed E-state index contributed by atoms with van der Waals surface area (Å²) in [5.41, 5.74) is 2.02. The lowest BCUT2D eigenvalue weighted by Gasteiger charge is -2.11. The second kappa shape index (κ2) is 7.97. The highest BCUT2D eigenvalue weighted by Gasteiger charge is 2.15. The number of benzene rings is 2. The molecule has 0 saturated carbocycles. The van der Waals surface area contributed by atoms with Crippen molar-refractivity contribution in [2.45, 2.75) is 13.8 Å². The number of rotatable bonds is 4. The summed E-state index contributed by atoms with van der Waals surface area (Å²) in [6.45, 7) is 2.52. The van der Waals surface area contributed by atoms with E-state index in [2.05, 4.69) is 9.97 Å². The molecule has 0 unspecified atom stereocenters. The van der Waals surface area contributed by atoms with Crippen LogP contribution in [0.25, 0.3) is 22.5 Å². The van der Waals surface area contributed by atoms with Crippen molar-refractivity contribution in [2.24, 2.45) is 0 Å². The summed E-state index contributed by atoms with van der Waals surface area (Å²) in [5.74, 6) is -0.314. The Balaban J connectivity index is 2.00. The van der Waals surface area contributed by atoms with Gasteiger partial charge in [0, 0.05) is 31.2 Å². The molecule has 3 aromatic rings. The highest BCUT2D eigenvalue weighted by Crippen LogP contribution is 2.35. The van der Waals surface area contributed by atoms with Crippen molar-refractivity contribution in [3.8, 4) is 34.0 Å². The highest BCUT2D eigenvalue weighted by atomic mass is 35.5. The molecule has 3 rings (SSSR count). The van der Waals surface area contributed by atoms with E-state index < -0.39 is 11.9 Å². The third-order valence-electron chi connectivity index (χ3n) is 3.54. The number of ether oxygens (including phenoxy) is 2. The lowest BCUT2D eigenvalue weighted by molar-refractivity contribution is -0.134. The number of aromatic nitrogens is 2. The summed E-state index contributed by atoms with van der Waals surface area (Å²) >= 11 is 6.35. The van der Waals surface area contributed by atoms with Gasteiger partial charge in [-0.15, -0.1) is 0 Å². The Kier molecular flexibility index (Phi) is 5.47. The Morgan fingerprint density at radius 3 is 2.19 bits per heavy atom. The Morgan fingerprint density at radius 1 is 0.889 bits per heavy atom. The van der Waals surface area contributed by atoms with Crippen molar-refractivity contribution in [1.29, 1.82) is 0 Å². The van der Waals surface area contributed by atoms with Gasteiger partial charge in [0.2, 0.25) is 0 Å². The molecule has 27 heavy (non-hydrogen) atoms. The van der Waals surface area contributed by atoms with Crippen molar-refractivity contribution in [3.05, 3.63) is 59.9 Å². The third-order valence-corrected chi connectivity index (χ3v) is 3.82. The maximum Gasteiger partial charge on any atom is 0.308 e. The molecule has 0 atom stereocenters. The molecule has 0 aliphatic heterocycles. The average molecular weight is 383 g/mol. The summed E-state index contributed by atoms with van der Waals surface area (Å²) in [7, 11) is 0. The molecule has 2 aromatic carbocycles. The molecule has 0 N–H and O–H groups in total. The lowest BCUT2D eigenvalue weighted by atomic mass is 10.1. The molecule has 0 spiro atoms. The number of hydrogen-bond acceptors (Lipinski definition) is 6. The third kappa shape index (κ3) is 4.48. The zero-order chi connectivity index (χ0) is 19.4. The minimum Gasteiger partial charge on any atom is -0.423 e. The van der Waals surface area contributed by atoms with Gasteiger partial charge in [-0.3, -0.25) is 9.59 Å². The van der Waals surface area contributed by atoms with Gasteiger partial charge in [-0.2, -0.15) is 0 Å². The fraction of sp³-hybridized carbons (Fsp3) is 0.100. The van der Waals surface area contributed by atoms with E-state index in [1.807, 2.05) is 30.3 Å². The van der Waals surface area contributed by atoms with Crippen LogP contribution in [0.5, 0.6) is 11.5 Å². The van der Waals surface area contributed by atoms with Gasteiger partial charge in [0.05, 0.1) is 0 Å². The zero-order valence-electron chi connectivity index (χ0n) is 14.6. The molecular formula is C20H15ClN2O4. The average Bonchev–Trinajstić information content (AvgIpc) is 2.63. The van der Waals surface area contributed by atoms with Crippen LogP contribution >= 0.6 is 11.6 Å². The lowest BCUT2D eigenvalue weighted by Crippen LogP contribution is -2.07. The zero-order valence-corrected chi connectivity index (χ0v) is 15.4. The second-order valence-electron chi connectivity index (χ2n) is 5.61. The number of hydrogen-bond donors (Lipinski definition) is 0. The number of carbonyl (C=O) groups is 2. The minimum absolute atomic E-state index is 0.110. The molecule has 6 nitrogen and oxygen atoms in total. The molecule has 0 fully saturated rings. The maximum absolute atomic E-state index is 11.4. The molecular weight excluding hydrogens is 368 g/mol. The van der Waals surface area contributed by atoms with E-state index in [-0.39, 0.29) is 16.7 Å². The summed E-state index contributed by atoms with van der Waals surface area (Å²) < 4.78 is 10.2. The number of carbonyl (C=O) groups excluding carboxylic acids is 2. The fourth-order valence-corrected chi connectivity index (χ4v) is 2.67. The Bertz CT molecular complexity index is 1010. The molecule has 0 amide bonds. The molecule has 7 heteroatoms. The van der Waals surface area contributed by atoms with E-state index >= 15 is 0 Å². The standard InChI is InChI=1S/C20H15ClN2O4/c1-12(24)26-17-9-8-15(10-18(17)27-13(2)25)16-11-22-20(23-19(16)21)14-6-4-3-5-7-14/h3-11H,1-2H3. The first-order valence-corrected chi connectivity index (χ1v) is 8.41. The van der Waals surface area contributed by atoms with E-state index in [1.165, 1.54) is 19.9 Å². The molecule has 1 heterocycles. The predicted molar refractivity (Wildman–Crippen MR) is 101 cm³/mol. The first-order valence-electron chi connectivity index (χ1n) is 8.03. The van der Waals surface area contributed by atoms with Crippen molar-refractivity contribution >= 4 is 23.5 Å². The minimum atomic E-state index is -0.540. The van der Waals surface area contributed by atoms with Crippen LogP contribution in [0.2, 0.25) is 5.15 Å². The van der Waals surface area contributed by atoms with Crippen LogP contribution in [-0.2, 0) is 9.59 Å². The van der Waals surface area contributed by atoms with E-state index in [0.29, 0.717) is 17.0 Å². The predicted octanol–water partition coefficient (Wildman–Crippen LogP) is 4.31. The second-order valence-corrected chi connectivity index (χ2v) is 5.97. The van der Waals surface area contributed by atoms with Crippen LogP contribution in [0.1, 0.15) is 13.8 Å². The van der Waals surface area contributed by atoms with E-state index in [9.17, 15) is 9.59 Å². The van der Waals surface area contributed by atoms with Gasteiger partial charge >= 0.3 is 11.9 Å². The van der Waals surface area contributed by atoms with Crippen molar-refractivity contribution in [2.75, 3.05) is 0 Å². The largest absolute Gasteiger partial charge is 0.423 e. The van der Waals surface area contributed by atoms with E-state index in [0.717, 1.165) is 5.56 Å². The molecule has 136 valence electrons. The molecule has 0 aliphatic rings. The Labute approximate surface area is 160 Å². The molecule has 0 aliphatic carbocycles. The van der Waals surface area contributed by atoms with E-state index in [4.69, 9.17) is 21.1 Å². The van der Waals surface area contributed by atoms with Gasteiger partial charge in [0.1, 0.15) is 5.15 Å². The topological polar surface area (TPSA) is 78.4 Å². The van der Waals surface area contributed by atoms with Gasteiger partial charge in [0.25, 0.3) is 0 Å². The summed E-state index contributed by atoms with van der Waals surface area (Å²) in [6, 6.07) is 14.2.